The van der Waals surface area contributed by atoms with Crippen LogP contribution >= 0.6 is 0 Å². The van der Waals surface area contributed by atoms with Gasteiger partial charge in [-0.2, -0.15) is 9.90 Å². The highest BCUT2D eigenvalue weighted by Crippen LogP contribution is 2.00. The molecule has 0 saturated carbocycles. The van der Waals surface area contributed by atoms with Crippen molar-refractivity contribution in [3.8, 4) is 0 Å². The molecule has 0 aliphatic heterocycles. The largest absolute Gasteiger partial charge is 0.393 e. The van der Waals surface area contributed by atoms with E-state index in [-0.39, 0.29) is 12.0 Å². The van der Waals surface area contributed by atoms with Crippen LogP contribution in [0.15, 0.2) is 6.20 Å². The lowest BCUT2D eigenvalue weighted by Gasteiger charge is -2.01. The summed E-state index contributed by atoms with van der Waals surface area (Å²) in [5.74, 6) is 0.260. The van der Waals surface area contributed by atoms with Gasteiger partial charge in [0.05, 0.1) is 18.8 Å². The van der Waals surface area contributed by atoms with Crippen molar-refractivity contribution >= 4 is 11.7 Å². The number of hydrogen-bond acceptors (Lipinski definition) is 4. The third-order valence-corrected chi connectivity index (χ3v) is 1.59. The molecule has 1 rings (SSSR count). The Kier molecular flexibility index (Phi) is 3.58. The van der Waals surface area contributed by atoms with Crippen molar-refractivity contribution in [2.45, 2.75) is 32.9 Å². The van der Waals surface area contributed by atoms with E-state index in [0.717, 1.165) is 0 Å². The van der Waals surface area contributed by atoms with E-state index in [2.05, 4.69) is 15.5 Å². The summed E-state index contributed by atoms with van der Waals surface area (Å²) >= 11 is 0. The number of carbonyl (C=O) groups excluding carboxylic acids is 1. The van der Waals surface area contributed by atoms with Crippen LogP contribution in [-0.4, -0.2) is 32.1 Å². The standard InChI is InChI=1S/C8H14N4O2/c1-6(13)3-4-12-9-5-8(11-12)10-7(2)14/h5-6,13H,3-4H2,1-2H3,(H,10,11,14). The molecule has 0 fully saturated rings. The van der Waals surface area contributed by atoms with E-state index < -0.39 is 0 Å². The summed E-state index contributed by atoms with van der Waals surface area (Å²) in [5, 5.41) is 19.5. The predicted octanol–water partition coefficient (Wildman–Crippen LogP) is 0.00740. The molecule has 0 saturated heterocycles. The Bertz CT molecular complexity index is 308. The topological polar surface area (TPSA) is 80.0 Å². The maximum atomic E-state index is 10.7. The van der Waals surface area contributed by atoms with Crippen molar-refractivity contribution in [3.63, 3.8) is 0 Å². The van der Waals surface area contributed by atoms with Crippen LogP contribution in [0.5, 0.6) is 0 Å². The van der Waals surface area contributed by atoms with Gasteiger partial charge in [0.15, 0.2) is 5.82 Å². The third kappa shape index (κ3) is 3.53. The fourth-order valence-electron chi connectivity index (χ4n) is 0.945. The van der Waals surface area contributed by atoms with E-state index in [4.69, 9.17) is 5.11 Å². The number of hydrogen-bond donors (Lipinski definition) is 2. The van der Waals surface area contributed by atoms with Gasteiger partial charge in [-0.1, -0.05) is 0 Å². The number of nitrogens with one attached hydrogen (secondary N) is 1. The number of aliphatic hydroxyl groups excluding tert-OH is 1. The van der Waals surface area contributed by atoms with Crippen molar-refractivity contribution in [1.29, 1.82) is 0 Å². The first-order chi connectivity index (χ1) is 6.58. The molecule has 14 heavy (non-hydrogen) atoms. The number of amides is 1. The van der Waals surface area contributed by atoms with Gasteiger partial charge < -0.3 is 10.4 Å². The van der Waals surface area contributed by atoms with Gasteiger partial charge in [0.1, 0.15) is 0 Å². The Morgan fingerprint density at radius 1 is 1.79 bits per heavy atom. The van der Waals surface area contributed by atoms with Gasteiger partial charge in [-0.25, -0.2) is 0 Å². The first kappa shape index (κ1) is 10.6. The number of aryl methyl sites for hydroxylation is 1. The van der Waals surface area contributed by atoms with Crippen molar-refractivity contribution < 1.29 is 9.90 Å². The zero-order valence-corrected chi connectivity index (χ0v) is 8.27. The molecule has 78 valence electrons. The van der Waals surface area contributed by atoms with Crippen LogP contribution in [0.2, 0.25) is 0 Å². The fraction of sp³-hybridized carbons (Fsp3) is 0.625. The number of carbonyl (C=O) groups is 1. The fourth-order valence-corrected chi connectivity index (χ4v) is 0.945. The van der Waals surface area contributed by atoms with E-state index in [0.29, 0.717) is 18.8 Å². The minimum absolute atomic E-state index is 0.174. The molecule has 1 unspecified atom stereocenters. The monoisotopic (exact) mass is 198 g/mol. The van der Waals surface area contributed by atoms with Gasteiger partial charge in [0.25, 0.3) is 0 Å². The van der Waals surface area contributed by atoms with Gasteiger partial charge in [0.2, 0.25) is 5.91 Å². The lowest BCUT2D eigenvalue weighted by Crippen LogP contribution is -2.10. The van der Waals surface area contributed by atoms with Crippen LogP contribution in [0.1, 0.15) is 20.3 Å². The van der Waals surface area contributed by atoms with E-state index in [1.807, 2.05) is 0 Å². The van der Waals surface area contributed by atoms with E-state index in [9.17, 15) is 4.79 Å². The summed E-state index contributed by atoms with van der Waals surface area (Å²) in [6, 6.07) is 0. The second kappa shape index (κ2) is 4.71. The van der Waals surface area contributed by atoms with Crippen molar-refractivity contribution in [1.82, 2.24) is 15.0 Å². The maximum Gasteiger partial charge on any atom is 0.222 e. The van der Waals surface area contributed by atoms with Crippen LogP contribution in [0, 0.1) is 0 Å². The summed E-state index contributed by atoms with van der Waals surface area (Å²) in [4.78, 5) is 12.1. The van der Waals surface area contributed by atoms with E-state index >= 15 is 0 Å². The van der Waals surface area contributed by atoms with Gasteiger partial charge in [0, 0.05) is 6.92 Å². The Balaban J connectivity index is 2.46. The summed E-state index contributed by atoms with van der Waals surface area (Å²) in [6.45, 7) is 3.66. The highest BCUT2D eigenvalue weighted by molar-refractivity contribution is 5.87. The zero-order valence-electron chi connectivity index (χ0n) is 8.27. The molecule has 0 radical (unpaired) electrons. The molecular weight excluding hydrogens is 184 g/mol. The van der Waals surface area contributed by atoms with Crippen molar-refractivity contribution in [2.24, 2.45) is 0 Å². The molecule has 1 amide bonds. The van der Waals surface area contributed by atoms with Crippen LogP contribution in [0.3, 0.4) is 0 Å². The van der Waals surface area contributed by atoms with Crippen LogP contribution in [-0.2, 0) is 11.3 Å². The van der Waals surface area contributed by atoms with Crippen LogP contribution < -0.4 is 5.32 Å². The second-order valence-electron chi connectivity index (χ2n) is 3.14. The summed E-state index contributed by atoms with van der Waals surface area (Å²) in [7, 11) is 0. The molecule has 0 aliphatic rings. The summed E-state index contributed by atoms with van der Waals surface area (Å²) < 4.78 is 0. The smallest absolute Gasteiger partial charge is 0.222 e. The summed E-state index contributed by atoms with van der Waals surface area (Å²) in [5.41, 5.74) is 0. The minimum Gasteiger partial charge on any atom is -0.393 e. The molecule has 6 nitrogen and oxygen atoms in total. The third-order valence-electron chi connectivity index (χ3n) is 1.59. The van der Waals surface area contributed by atoms with E-state index in [1.54, 1.807) is 6.92 Å². The molecular formula is C8H14N4O2. The first-order valence-electron chi connectivity index (χ1n) is 4.43. The number of anilines is 1. The highest BCUT2D eigenvalue weighted by atomic mass is 16.3. The first-order valence-corrected chi connectivity index (χ1v) is 4.43. The number of nitrogens with zero attached hydrogens (tertiary/aromatic N) is 3. The Morgan fingerprint density at radius 2 is 2.50 bits per heavy atom. The van der Waals surface area contributed by atoms with Gasteiger partial charge >= 0.3 is 0 Å². The highest BCUT2D eigenvalue weighted by Gasteiger charge is 2.02. The van der Waals surface area contributed by atoms with Gasteiger partial charge in [-0.05, 0) is 13.3 Å². The molecule has 6 heteroatoms. The molecule has 0 spiro atoms. The quantitative estimate of drug-likeness (QED) is 0.714. The summed E-state index contributed by atoms with van der Waals surface area (Å²) in [6.07, 6.45) is 1.70. The molecule has 0 bridgehead atoms. The van der Waals surface area contributed by atoms with Crippen molar-refractivity contribution in [2.75, 3.05) is 5.32 Å². The molecule has 0 aliphatic carbocycles. The normalized spacial score (nSPS) is 12.5. The Labute approximate surface area is 81.9 Å². The van der Waals surface area contributed by atoms with Crippen LogP contribution in [0.25, 0.3) is 0 Å². The predicted molar refractivity (Wildman–Crippen MR) is 50.6 cm³/mol. The average molecular weight is 198 g/mol. The Morgan fingerprint density at radius 3 is 3.07 bits per heavy atom. The second-order valence-corrected chi connectivity index (χ2v) is 3.14. The molecule has 1 aromatic heterocycles. The zero-order chi connectivity index (χ0) is 10.6. The van der Waals surface area contributed by atoms with Gasteiger partial charge in [-0.3, -0.25) is 4.79 Å². The molecule has 1 aromatic rings. The molecule has 1 heterocycles. The SMILES string of the molecule is CC(=O)Nc1cnn(CCC(C)O)n1. The van der Waals surface area contributed by atoms with Crippen molar-refractivity contribution in [3.05, 3.63) is 6.20 Å². The number of aromatic nitrogens is 3. The lowest BCUT2D eigenvalue weighted by molar-refractivity contribution is -0.114. The Hall–Kier alpha value is -1.43. The maximum absolute atomic E-state index is 10.7. The van der Waals surface area contributed by atoms with Gasteiger partial charge in [-0.15, -0.1) is 5.10 Å². The average Bonchev–Trinajstić information content (AvgIpc) is 2.47. The van der Waals surface area contributed by atoms with Crippen LogP contribution in [0.4, 0.5) is 5.82 Å². The lowest BCUT2D eigenvalue weighted by atomic mass is 10.3. The van der Waals surface area contributed by atoms with E-state index in [1.165, 1.54) is 17.9 Å². The molecule has 2 N–H and O–H groups in total. The molecule has 1 atom stereocenters. The number of aliphatic hydroxyl groups is 1. The minimum atomic E-state index is -0.370. The number of rotatable bonds is 4. The molecule has 0 aromatic carbocycles.